The van der Waals surface area contributed by atoms with Crippen molar-refractivity contribution in [2.24, 2.45) is 0 Å². The average Bonchev–Trinajstić information content (AvgIpc) is 2.32. The fourth-order valence-electron chi connectivity index (χ4n) is 1.71. The Bertz CT molecular complexity index is 463. The van der Waals surface area contributed by atoms with E-state index in [9.17, 15) is 4.79 Å². The quantitative estimate of drug-likeness (QED) is 0.802. The van der Waals surface area contributed by atoms with Gasteiger partial charge >= 0.3 is 0 Å². The molecule has 0 heterocycles. The van der Waals surface area contributed by atoms with E-state index in [0.29, 0.717) is 19.5 Å². The monoisotopic (exact) mass is 246 g/mol. The van der Waals surface area contributed by atoms with Crippen molar-refractivity contribution >= 4 is 11.6 Å². The molecule has 1 rings (SSSR count). The van der Waals surface area contributed by atoms with Crippen LogP contribution in [-0.4, -0.2) is 26.0 Å². The highest BCUT2D eigenvalue weighted by Gasteiger charge is 2.11. The zero-order chi connectivity index (χ0) is 13.5. The van der Waals surface area contributed by atoms with Crippen LogP contribution < -0.4 is 10.2 Å². The number of amides is 1. The number of nitrogens with one attached hydrogen (secondary N) is 2. The Labute approximate surface area is 108 Å². The number of hydrogen-bond donors (Lipinski definition) is 2. The van der Waals surface area contributed by atoms with Gasteiger partial charge in [-0.2, -0.15) is 5.26 Å². The van der Waals surface area contributed by atoms with E-state index in [4.69, 9.17) is 5.26 Å². The molecule has 0 bridgehead atoms. The van der Waals surface area contributed by atoms with Crippen LogP contribution in [0.5, 0.6) is 0 Å². The first-order valence-corrected chi connectivity index (χ1v) is 6.09. The average molecular weight is 246 g/mol. The van der Waals surface area contributed by atoms with Crippen LogP contribution in [0.4, 0.5) is 5.69 Å². The fraction of sp³-hybridized carbons (Fsp3) is 0.429. The molecule has 1 aromatic carbocycles. The van der Waals surface area contributed by atoms with Gasteiger partial charge in [0.25, 0.3) is 5.91 Å². The Morgan fingerprint density at radius 1 is 1.44 bits per heavy atom. The second kappa shape index (κ2) is 6.77. The molecule has 0 aliphatic heterocycles. The zero-order valence-corrected chi connectivity index (χ0v) is 11.2. The van der Waals surface area contributed by atoms with Crippen LogP contribution in [0.3, 0.4) is 0 Å². The number of anilines is 1. The third-order valence-corrected chi connectivity index (χ3v) is 3.00. The van der Waals surface area contributed by atoms with Gasteiger partial charge in [-0.3, -0.25) is 4.79 Å². The van der Waals surface area contributed by atoms with Gasteiger partial charge in [-0.1, -0.05) is 12.1 Å². The van der Waals surface area contributed by atoms with E-state index in [2.05, 4.69) is 11.4 Å². The molecule has 96 valence electrons. The molecule has 0 radical (unpaired) electrons. The van der Waals surface area contributed by atoms with Gasteiger partial charge in [0.05, 0.1) is 26.1 Å². The highest BCUT2D eigenvalue weighted by Crippen LogP contribution is 2.17. The normalized spacial score (nSPS) is 11.7. The van der Waals surface area contributed by atoms with Crippen LogP contribution in [0.25, 0.3) is 0 Å². The van der Waals surface area contributed by atoms with Crippen LogP contribution in [-0.2, 0) is 4.79 Å². The van der Waals surface area contributed by atoms with Crippen LogP contribution in [0.15, 0.2) is 18.2 Å². The van der Waals surface area contributed by atoms with E-state index in [-0.39, 0.29) is 5.91 Å². The number of hydrogen-bond acceptors (Lipinski definition) is 2. The predicted molar refractivity (Wildman–Crippen MR) is 71.4 cm³/mol. The molecule has 1 amide bonds. The van der Waals surface area contributed by atoms with Crippen molar-refractivity contribution < 1.29 is 9.69 Å². The van der Waals surface area contributed by atoms with Crippen LogP contribution >= 0.6 is 0 Å². The van der Waals surface area contributed by atoms with Gasteiger partial charge in [0, 0.05) is 5.69 Å². The number of nitrogens with zero attached hydrogens (tertiary/aromatic N) is 1. The third kappa shape index (κ3) is 4.19. The number of carbonyl (C=O) groups is 1. The molecular weight excluding hydrogens is 226 g/mol. The summed E-state index contributed by atoms with van der Waals surface area (Å²) in [5.41, 5.74) is 3.13. The molecule has 1 unspecified atom stereocenters. The van der Waals surface area contributed by atoms with Gasteiger partial charge in [0.2, 0.25) is 0 Å². The van der Waals surface area contributed by atoms with Gasteiger partial charge in [-0.05, 0) is 31.0 Å². The van der Waals surface area contributed by atoms with E-state index >= 15 is 0 Å². The highest BCUT2D eigenvalue weighted by atomic mass is 16.2. The van der Waals surface area contributed by atoms with Crippen molar-refractivity contribution in [1.82, 2.24) is 0 Å². The van der Waals surface area contributed by atoms with Crippen molar-refractivity contribution in [3.63, 3.8) is 0 Å². The van der Waals surface area contributed by atoms with E-state index in [1.165, 1.54) is 0 Å². The maximum absolute atomic E-state index is 11.8. The van der Waals surface area contributed by atoms with Crippen LogP contribution in [0.1, 0.15) is 17.5 Å². The first-order chi connectivity index (χ1) is 8.54. The van der Waals surface area contributed by atoms with Crippen molar-refractivity contribution in [2.45, 2.75) is 20.3 Å². The number of benzene rings is 1. The lowest BCUT2D eigenvalue weighted by molar-refractivity contribution is -0.870. The molecule has 0 fully saturated rings. The Balaban J connectivity index is 2.55. The highest BCUT2D eigenvalue weighted by molar-refractivity contribution is 5.92. The van der Waals surface area contributed by atoms with E-state index in [0.717, 1.165) is 21.7 Å². The van der Waals surface area contributed by atoms with Crippen molar-refractivity contribution in [1.29, 1.82) is 5.26 Å². The Hall–Kier alpha value is -1.86. The third-order valence-electron chi connectivity index (χ3n) is 3.00. The summed E-state index contributed by atoms with van der Waals surface area (Å²) >= 11 is 0. The molecule has 0 aliphatic rings. The number of nitriles is 1. The maximum atomic E-state index is 11.8. The summed E-state index contributed by atoms with van der Waals surface area (Å²) in [4.78, 5) is 12.9. The molecule has 0 aliphatic carbocycles. The summed E-state index contributed by atoms with van der Waals surface area (Å²) in [7, 11) is 1.92. The summed E-state index contributed by atoms with van der Waals surface area (Å²) in [5.74, 6) is -0.0147. The minimum atomic E-state index is -0.0147. The molecule has 0 saturated carbocycles. The van der Waals surface area contributed by atoms with Gasteiger partial charge in [0.15, 0.2) is 6.54 Å². The molecule has 4 nitrogen and oxygen atoms in total. The second-order valence-electron chi connectivity index (χ2n) is 4.59. The van der Waals surface area contributed by atoms with Crippen LogP contribution in [0, 0.1) is 25.2 Å². The minimum Gasteiger partial charge on any atom is -0.329 e. The number of likely N-dealkylation sites (N-methyl/N-ethyl adjacent to an activating group) is 1. The van der Waals surface area contributed by atoms with Gasteiger partial charge < -0.3 is 10.2 Å². The molecule has 0 aromatic heterocycles. The Kier molecular flexibility index (Phi) is 5.34. The molecular formula is C14H20N3O+. The van der Waals surface area contributed by atoms with E-state index in [1.54, 1.807) is 0 Å². The SMILES string of the molecule is Cc1cccc(NC(=O)C[NH+](C)CCC#N)c1C. The van der Waals surface area contributed by atoms with Gasteiger partial charge in [0.1, 0.15) is 0 Å². The molecule has 1 atom stereocenters. The summed E-state index contributed by atoms with van der Waals surface area (Å²) in [5, 5.41) is 11.4. The molecule has 2 N–H and O–H groups in total. The number of rotatable bonds is 5. The zero-order valence-electron chi connectivity index (χ0n) is 11.2. The first-order valence-electron chi connectivity index (χ1n) is 6.09. The smallest absolute Gasteiger partial charge is 0.279 e. The molecule has 4 heteroatoms. The van der Waals surface area contributed by atoms with Crippen molar-refractivity contribution in [2.75, 3.05) is 25.5 Å². The molecule has 0 spiro atoms. The lowest BCUT2D eigenvalue weighted by atomic mass is 10.1. The van der Waals surface area contributed by atoms with Gasteiger partial charge in [-0.15, -0.1) is 0 Å². The van der Waals surface area contributed by atoms with Crippen LogP contribution in [0.2, 0.25) is 0 Å². The topological polar surface area (TPSA) is 57.3 Å². The first kappa shape index (κ1) is 14.2. The standard InChI is InChI=1S/C14H19N3O/c1-11-6-4-7-13(12(11)2)16-14(18)10-17(3)9-5-8-15/h4,6-7H,5,9-10H2,1-3H3,(H,16,18)/p+1. The molecule has 0 saturated heterocycles. The number of quaternary nitrogens is 1. The largest absolute Gasteiger partial charge is 0.329 e. The van der Waals surface area contributed by atoms with Gasteiger partial charge in [-0.25, -0.2) is 0 Å². The molecule has 1 aromatic rings. The lowest BCUT2D eigenvalue weighted by Crippen LogP contribution is -3.10. The summed E-state index contributed by atoms with van der Waals surface area (Å²) in [6.45, 7) is 5.10. The van der Waals surface area contributed by atoms with Crippen molar-refractivity contribution in [3.8, 4) is 6.07 Å². The summed E-state index contributed by atoms with van der Waals surface area (Å²) in [6, 6.07) is 7.95. The number of aryl methyl sites for hydroxylation is 1. The minimum absolute atomic E-state index is 0.0147. The van der Waals surface area contributed by atoms with E-state index in [1.807, 2.05) is 39.1 Å². The predicted octanol–water partition coefficient (Wildman–Crippen LogP) is 0.670. The molecule has 18 heavy (non-hydrogen) atoms. The fourth-order valence-corrected chi connectivity index (χ4v) is 1.71. The maximum Gasteiger partial charge on any atom is 0.279 e. The number of carbonyl (C=O) groups excluding carboxylic acids is 1. The lowest BCUT2D eigenvalue weighted by Gasteiger charge is -2.14. The Morgan fingerprint density at radius 2 is 2.17 bits per heavy atom. The summed E-state index contributed by atoms with van der Waals surface area (Å²) < 4.78 is 0. The van der Waals surface area contributed by atoms with Crippen molar-refractivity contribution in [3.05, 3.63) is 29.3 Å². The Morgan fingerprint density at radius 3 is 2.83 bits per heavy atom. The second-order valence-corrected chi connectivity index (χ2v) is 4.59. The summed E-state index contributed by atoms with van der Waals surface area (Å²) in [6.07, 6.45) is 0.475. The van der Waals surface area contributed by atoms with E-state index < -0.39 is 0 Å².